The van der Waals surface area contributed by atoms with E-state index in [4.69, 9.17) is 11.6 Å². The molecule has 0 amide bonds. The number of aromatic nitrogens is 2. The molecular weight excluding hydrogens is 274 g/mol. The summed E-state index contributed by atoms with van der Waals surface area (Å²) in [4.78, 5) is 8.54. The monoisotopic (exact) mass is 291 g/mol. The van der Waals surface area contributed by atoms with E-state index in [1.165, 1.54) is 0 Å². The molecule has 0 bridgehead atoms. The number of nitrogens with one attached hydrogen (secondary N) is 1. The average molecular weight is 292 g/mol. The third-order valence-electron chi connectivity index (χ3n) is 3.09. The highest BCUT2D eigenvalue weighted by molar-refractivity contribution is 6.31. The Bertz CT molecular complexity index is 589. The highest BCUT2D eigenvalue weighted by atomic mass is 35.5. The number of nitrogens with zero attached hydrogens (tertiary/aromatic N) is 2. The molecule has 2 aromatic rings. The summed E-state index contributed by atoms with van der Waals surface area (Å²) in [5.41, 5.74) is 1.74. The number of hydrogen-bond donors (Lipinski definition) is 2. The second-order valence-electron chi connectivity index (χ2n) is 4.56. The van der Waals surface area contributed by atoms with Gasteiger partial charge < -0.3 is 10.4 Å². The molecule has 1 aromatic heterocycles. The fraction of sp³-hybridized carbons (Fsp3) is 0.333. The van der Waals surface area contributed by atoms with Gasteiger partial charge in [-0.25, -0.2) is 9.97 Å². The summed E-state index contributed by atoms with van der Waals surface area (Å²) in [6, 6.07) is 7.29. The number of hydrogen-bond acceptors (Lipinski definition) is 4. The molecule has 1 aromatic carbocycles. The van der Waals surface area contributed by atoms with Crippen LogP contribution in [0.15, 0.2) is 30.5 Å². The Morgan fingerprint density at radius 1 is 1.35 bits per heavy atom. The smallest absolute Gasteiger partial charge is 0.132 e. The van der Waals surface area contributed by atoms with E-state index in [0.29, 0.717) is 23.0 Å². The Balaban J connectivity index is 2.09. The van der Waals surface area contributed by atoms with Crippen molar-refractivity contribution >= 4 is 17.4 Å². The second-order valence-corrected chi connectivity index (χ2v) is 4.97. The van der Waals surface area contributed by atoms with Crippen molar-refractivity contribution in [2.75, 3.05) is 11.9 Å². The molecule has 0 spiro atoms. The van der Waals surface area contributed by atoms with Crippen molar-refractivity contribution in [2.45, 2.75) is 26.4 Å². The van der Waals surface area contributed by atoms with E-state index in [1.807, 2.05) is 38.2 Å². The van der Waals surface area contributed by atoms with Crippen LogP contribution in [0, 0.1) is 6.92 Å². The average Bonchev–Trinajstić information content (AvgIpc) is 2.45. The SMILES string of the molecule is CCc1cnc(C)nc1NCC(O)c1ccccc1Cl. The van der Waals surface area contributed by atoms with Crippen LogP contribution in [0.3, 0.4) is 0 Å². The van der Waals surface area contributed by atoms with Crippen molar-refractivity contribution in [1.82, 2.24) is 9.97 Å². The van der Waals surface area contributed by atoms with Crippen LogP contribution < -0.4 is 5.32 Å². The number of halogens is 1. The van der Waals surface area contributed by atoms with Crippen LogP contribution in [0.4, 0.5) is 5.82 Å². The molecule has 5 heteroatoms. The largest absolute Gasteiger partial charge is 0.387 e. The molecule has 0 saturated carbocycles. The summed E-state index contributed by atoms with van der Waals surface area (Å²) in [7, 11) is 0. The Hall–Kier alpha value is -1.65. The van der Waals surface area contributed by atoms with Gasteiger partial charge in [0.25, 0.3) is 0 Å². The molecule has 106 valence electrons. The Morgan fingerprint density at radius 3 is 2.80 bits per heavy atom. The first-order chi connectivity index (χ1) is 9.61. The summed E-state index contributed by atoms with van der Waals surface area (Å²) >= 11 is 6.07. The molecule has 0 aliphatic carbocycles. The fourth-order valence-electron chi connectivity index (χ4n) is 1.96. The molecule has 2 rings (SSSR count). The maximum atomic E-state index is 10.2. The molecular formula is C15H18ClN3O. The van der Waals surface area contributed by atoms with E-state index in [-0.39, 0.29) is 0 Å². The zero-order valence-corrected chi connectivity index (χ0v) is 12.4. The maximum absolute atomic E-state index is 10.2. The van der Waals surface area contributed by atoms with Crippen LogP contribution in [-0.4, -0.2) is 21.6 Å². The number of anilines is 1. The van der Waals surface area contributed by atoms with Gasteiger partial charge in [-0.2, -0.15) is 0 Å². The van der Waals surface area contributed by atoms with Crippen LogP contribution in [-0.2, 0) is 6.42 Å². The highest BCUT2D eigenvalue weighted by Gasteiger charge is 2.12. The molecule has 1 unspecified atom stereocenters. The van der Waals surface area contributed by atoms with Crippen molar-refractivity contribution in [3.8, 4) is 0 Å². The zero-order valence-electron chi connectivity index (χ0n) is 11.6. The van der Waals surface area contributed by atoms with Gasteiger partial charge in [0.1, 0.15) is 11.6 Å². The predicted molar refractivity (Wildman–Crippen MR) is 81.0 cm³/mol. The Kier molecular flexibility index (Phi) is 4.93. The van der Waals surface area contributed by atoms with Crippen molar-refractivity contribution < 1.29 is 5.11 Å². The van der Waals surface area contributed by atoms with Gasteiger partial charge in [0.2, 0.25) is 0 Å². The lowest BCUT2D eigenvalue weighted by Gasteiger charge is -2.15. The molecule has 0 aliphatic heterocycles. The van der Waals surface area contributed by atoms with E-state index in [1.54, 1.807) is 6.07 Å². The first-order valence-electron chi connectivity index (χ1n) is 6.60. The summed E-state index contributed by atoms with van der Waals surface area (Å²) < 4.78 is 0. The molecule has 0 aliphatic rings. The summed E-state index contributed by atoms with van der Waals surface area (Å²) in [6.45, 7) is 4.24. The van der Waals surface area contributed by atoms with Crippen LogP contribution >= 0.6 is 11.6 Å². The molecule has 4 nitrogen and oxygen atoms in total. The molecule has 2 N–H and O–H groups in total. The fourth-order valence-corrected chi connectivity index (χ4v) is 2.22. The molecule has 0 saturated heterocycles. The van der Waals surface area contributed by atoms with Gasteiger partial charge in [-0.05, 0) is 19.4 Å². The molecule has 1 heterocycles. The quantitative estimate of drug-likeness (QED) is 0.888. The number of rotatable bonds is 5. The number of aryl methyl sites for hydroxylation is 2. The molecule has 0 fully saturated rings. The third-order valence-corrected chi connectivity index (χ3v) is 3.44. The van der Waals surface area contributed by atoms with Gasteiger partial charge in [-0.3, -0.25) is 0 Å². The van der Waals surface area contributed by atoms with Gasteiger partial charge in [0.05, 0.1) is 6.10 Å². The van der Waals surface area contributed by atoms with Crippen LogP contribution in [0.25, 0.3) is 0 Å². The number of aliphatic hydroxyl groups excluding tert-OH is 1. The molecule has 20 heavy (non-hydrogen) atoms. The van der Waals surface area contributed by atoms with Gasteiger partial charge in [0, 0.05) is 28.9 Å². The third kappa shape index (κ3) is 3.46. The van der Waals surface area contributed by atoms with E-state index in [2.05, 4.69) is 15.3 Å². The lowest BCUT2D eigenvalue weighted by atomic mass is 10.1. The number of benzene rings is 1. The highest BCUT2D eigenvalue weighted by Crippen LogP contribution is 2.23. The van der Waals surface area contributed by atoms with E-state index < -0.39 is 6.10 Å². The molecule has 1 atom stereocenters. The topological polar surface area (TPSA) is 58.0 Å². The first-order valence-corrected chi connectivity index (χ1v) is 6.98. The minimum absolute atomic E-state index is 0.354. The summed E-state index contributed by atoms with van der Waals surface area (Å²) in [5.74, 6) is 1.48. The Labute approximate surface area is 123 Å². The van der Waals surface area contributed by atoms with Crippen molar-refractivity contribution in [2.24, 2.45) is 0 Å². The minimum atomic E-state index is -0.677. The van der Waals surface area contributed by atoms with Crippen LogP contribution in [0.1, 0.15) is 30.0 Å². The van der Waals surface area contributed by atoms with E-state index in [9.17, 15) is 5.11 Å². The Morgan fingerprint density at radius 2 is 2.10 bits per heavy atom. The van der Waals surface area contributed by atoms with Gasteiger partial charge in [-0.1, -0.05) is 36.7 Å². The van der Waals surface area contributed by atoms with Gasteiger partial charge in [0.15, 0.2) is 0 Å². The second kappa shape index (κ2) is 6.68. The zero-order chi connectivity index (χ0) is 14.5. The van der Waals surface area contributed by atoms with Crippen LogP contribution in [0.2, 0.25) is 5.02 Å². The lowest BCUT2D eigenvalue weighted by Crippen LogP contribution is -2.15. The minimum Gasteiger partial charge on any atom is -0.387 e. The summed E-state index contributed by atoms with van der Waals surface area (Å²) in [5, 5.41) is 13.9. The van der Waals surface area contributed by atoms with Crippen LogP contribution in [0.5, 0.6) is 0 Å². The van der Waals surface area contributed by atoms with E-state index >= 15 is 0 Å². The van der Waals surface area contributed by atoms with Crippen molar-refractivity contribution in [1.29, 1.82) is 0 Å². The van der Waals surface area contributed by atoms with Crippen molar-refractivity contribution in [3.63, 3.8) is 0 Å². The van der Waals surface area contributed by atoms with E-state index in [0.717, 1.165) is 17.8 Å². The predicted octanol–water partition coefficient (Wildman–Crippen LogP) is 3.15. The first kappa shape index (κ1) is 14.8. The maximum Gasteiger partial charge on any atom is 0.132 e. The summed E-state index contributed by atoms with van der Waals surface area (Å²) in [6.07, 6.45) is 1.97. The molecule has 0 radical (unpaired) electrons. The standard InChI is InChI=1S/C15H18ClN3O/c1-3-11-8-17-10(2)19-15(11)18-9-14(20)12-6-4-5-7-13(12)16/h4-8,14,20H,3,9H2,1-2H3,(H,17,18,19). The van der Waals surface area contributed by atoms with Crippen molar-refractivity contribution in [3.05, 3.63) is 52.4 Å². The normalized spacial score (nSPS) is 12.2. The lowest BCUT2D eigenvalue weighted by molar-refractivity contribution is 0.191. The van der Waals surface area contributed by atoms with Gasteiger partial charge >= 0.3 is 0 Å². The van der Waals surface area contributed by atoms with Gasteiger partial charge in [-0.15, -0.1) is 0 Å². The number of aliphatic hydroxyl groups is 1.